The third-order valence-corrected chi connectivity index (χ3v) is 4.20. The Kier molecular flexibility index (Phi) is 7.61. The second-order valence-corrected chi connectivity index (χ2v) is 9.51. The van der Waals surface area contributed by atoms with E-state index < -0.39 is 45.2 Å². The first-order valence-electron chi connectivity index (χ1n) is 10.4. The maximum Gasteiger partial charge on any atom is 0.412 e. The van der Waals surface area contributed by atoms with E-state index in [1.165, 1.54) is 18.2 Å². The first-order valence-corrected chi connectivity index (χ1v) is 10.4. The molecule has 2 aromatic rings. The molecule has 0 saturated carbocycles. The van der Waals surface area contributed by atoms with Crippen molar-refractivity contribution in [3.05, 3.63) is 70.3 Å². The van der Waals surface area contributed by atoms with Gasteiger partial charge in [-0.05, 0) is 70.9 Å². The molecule has 0 unspecified atom stereocenters. The highest BCUT2D eigenvalue weighted by Gasteiger charge is 2.29. The number of amides is 1. The minimum atomic E-state index is -0.947. The van der Waals surface area contributed by atoms with Crippen molar-refractivity contribution in [2.45, 2.75) is 52.7 Å². The highest BCUT2D eigenvalue weighted by atomic mass is 16.6. The van der Waals surface area contributed by atoms with Gasteiger partial charge in [0, 0.05) is 11.8 Å². The summed E-state index contributed by atoms with van der Waals surface area (Å²) in [6.07, 6.45) is -0.641. The Morgan fingerprint density at radius 2 is 1.50 bits per heavy atom. The van der Waals surface area contributed by atoms with Crippen LogP contribution in [0.3, 0.4) is 0 Å². The predicted molar refractivity (Wildman–Crippen MR) is 128 cm³/mol. The van der Waals surface area contributed by atoms with Gasteiger partial charge in [-0.25, -0.2) is 9.59 Å². The predicted octanol–water partition coefficient (Wildman–Crippen LogP) is 5.69. The number of carbonyl (C=O) groups excluding carboxylic acids is 3. The van der Waals surface area contributed by atoms with Crippen molar-refractivity contribution < 1.29 is 28.8 Å². The minimum Gasteiger partial charge on any atom is -0.456 e. The number of benzene rings is 2. The summed E-state index contributed by atoms with van der Waals surface area (Å²) in [4.78, 5) is 48.0. The number of rotatable bonds is 6. The van der Waals surface area contributed by atoms with Crippen LogP contribution in [0.4, 0.5) is 16.2 Å². The SMILES string of the molecule is C=C(C(=O)OC(C)(C)C)C(=O)c1ccc(-c2cccc(NC(=O)OC(C)(C)C)c2)cc1[N+](=O)[O-]. The molecule has 0 fully saturated rings. The van der Waals surface area contributed by atoms with Crippen LogP contribution < -0.4 is 5.32 Å². The minimum absolute atomic E-state index is 0.285. The van der Waals surface area contributed by atoms with E-state index in [9.17, 15) is 24.5 Å². The number of nitro groups is 1. The van der Waals surface area contributed by atoms with E-state index in [2.05, 4.69) is 11.9 Å². The van der Waals surface area contributed by atoms with E-state index in [-0.39, 0.29) is 5.56 Å². The number of Topliss-reactive ketones (excluding diaryl/α,β-unsaturated/α-hetero) is 1. The molecule has 9 heteroatoms. The number of hydrogen-bond donors (Lipinski definition) is 1. The molecule has 2 aromatic carbocycles. The monoisotopic (exact) mass is 468 g/mol. The number of nitrogens with zero attached hydrogens (tertiary/aromatic N) is 1. The van der Waals surface area contributed by atoms with Crippen LogP contribution in [-0.4, -0.2) is 34.0 Å². The number of nitro benzene ring substituents is 1. The van der Waals surface area contributed by atoms with Gasteiger partial charge in [0.15, 0.2) is 0 Å². The fourth-order valence-corrected chi connectivity index (χ4v) is 2.85. The normalized spacial score (nSPS) is 11.4. The molecule has 0 aliphatic carbocycles. The lowest BCUT2D eigenvalue weighted by molar-refractivity contribution is -0.385. The van der Waals surface area contributed by atoms with Gasteiger partial charge in [-0.1, -0.05) is 24.8 Å². The van der Waals surface area contributed by atoms with Crippen LogP contribution >= 0.6 is 0 Å². The summed E-state index contributed by atoms with van der Waals surface area (Å²) in [6.45, 7) is 13.6. The summed E-state index contributed by atoms with van der Waals surface area (Å²) in [6, 6.07) is 10.6. The lowest BCUT2D eigenvalue weighted by Gasteiger charge is -2.20. The summed E-state index contributed by atoms with van der Waals surface area (Å²) in [7, 11) is 0. The summed E-state index contributed by atoms with van der Waals surface area (Å²) in [5.74, 6) is -1.84. The van der Waals surface area contributed by atoms with Crippen LogP contribution in [0.1, 0.15) is 51.9 Å². The third-order valence-electron chi connectivity index (χ3n) is 4.20. The number of esters is 1. The van der Waals surface area contributed by atoms with Crippen LogP contribution in [0, 0.1) is 10.1 Å². The van der Waals surface area contributed by atoms with Crippen LogP contribution in [-0.2, 0) is 14.3 Å². The van der Waals surface area contributed by atoms with Crippen molar-refractivity contribution in [2.24, 2.45) is 0 Å². The second kappa shape index (κ2) is 9.86. The highest BCUT2D eigenvalue weighted by Crippen LogP contribution is 2.30. The lowest BCUT2D eigenvalue weighted by atomic mass is 9.97. The Hall–Kier alpha value is -4.01. The van der Waals surface area contributed by atoms with E-state index >= 15 is 0 Å². The topological polar surface area (TPSA) is 125 Å². The fourth-order valence-electron chi connectivity index (χ4n) is 2.85. The maximum atomic E-state index is 12.8. The average Bonchev–Trinajstić information content (AvgIpc) is 2.69. The van der Waals surface area contributed by atoms with Crippen molar-refractivity contribution >= 4 is 29.2 Å². The molecule has 0 heterocycles. The number of carbonyl (C=O) groups is 3. The number of anilines is 1. The number of hydrogen-bond acceptors (Lipinski definition) is 7. The van der Waals surface area contributed by atoms with Crippen LogP contribution in [0.25, 0.3) is 11.1 Å². The molecule has 0 saturated heterocycles. The molecule has 0 aromatic heterocycles. The van der Waals surface area contributed by atoms with Crippen molar-refractivity contribution in [3.63, 3.8) is 0 Å². The van der Waals surface area contributed by atoms with Gasteiger partial charge in [-0.15, -0.1) is 0 Å². The van der Waals surface area contributed by atoms with Crippen molar-refractivity contribution in [2.75, 3.05) is 5.32 Å². The molecule has 0 aliphatic heterocycles. The first kappa shape index (κ1) is 26.2. The van der Waals surface area contributed by atoms with Gasteiger partial charge >= 0.3 is 12.1 Å². The fraction of sp³-hybridized carbons (Fsp3) is 0.320. The van der Waals surface area contributed by atoms with Crippen molar-refractivity contribution in [1.82, 2.24) is 0 Å². The zero-order chi connectivity index (χ0) is 25.8. The Labute approximate surface area is 197 Å². The van der Waals surface area contributed by atoms with Gasteiger partial charge < -0.3 is 9.47 Å². The van der Waals surface area contributed by atoms with Gasteiger partial charge in [0.1, 0.15) is 22.3 Å². The first-order chi connectivity index (χ1) is 15.6. The van der Waals surface area contributed by atoms with Gasteiger partial charge in [0.25, 0.3) is 5.69 Å². The third kappa shape index (κ3) is 7.26. The van der Waals surface area contributed by atoms with E-state index in [0.29, 0.717) is 16.8 Å². The summed E-state index contributed by atoms with van der Waals surface area (Å²) < 4.78 is 10.4. The number of ketones is 1. The van der Waals surface area contributed by atoms with Gasteiger partial charge in [0.05, 0.1) is 4.92 Å². The van der Waals surface area contributed by atoms with Gasteiger partial charge in [-0.3, -0.25) is 20.2 Å². The second-order valence-electron chi connectivity index (χ2n) is 9.51. The Morgan fingerprint density at radius 1 is 0.912 bits per heavy atom. The summed E-state index contributed by atoms with van der Waals surface area (Å²) in [5.41, 5.74) is -1.39. The molecule has 2 rings (SSSR count). The molecule has 0 spiro atoms. The molecule has 0 aliphatic rings. The molecule has 0 bridgehead atoms. The van der Waals surface area contributed by atoms with Crippen molar-refractivity contribution in [3.8, 4) is 11.1 Å². The van der Waals surface area contributed by atoms with E-state index in [0.717, 1.165) is 0 Å². The van der Waals surface area contributed by atoms with E-state index in [1.54, 1.807) is 65.8 Å². The smallest absolute Gasteiger partial charge is 0.412 e. The quantitative estimate of drug-likeness (QED) is 0.110. The Balaban J connectivity index is 2.35. The van der Waals surface area contributed by atoms with Crippen LogP contribution in [0.2, 0.25) is 0 Å². The largest absolute Gasteiger partial charge is 0.456 e. The molecular weight excluding hydrogens is 440 g/mol. The summed E-state index contributed by atoms with van der Waals surface area (Å²) in [5, 5.41) is 14.3. The van der Waals surface area contributed by atoms with Gasteiger partial charge in [-0.2, -0.15) is 0 Å². The standard InChI is InChI=1S/C25H28N2O7/c1-15(22(29)33-24(2,3)4)21(28)19-12-11-17(14-20(19)27(31)32)16-9-8-10-18(13-16)26-23(30)34-25(5,6)7/h8-14H,1H2,2-7H3,(H,26,30). The highest BCUT2D eigenvalue weighted by molar-refractivity contribution is 6.25. The Bertz CT molecular complexity index is 1150. The molecule has 0 radical (unpaired) electrons. The number of ether oxygens (including phenoxy) is 2. The van der Waals surface area contributed by atoms with Gasteiger partial charge in [0.2, 0.25) is 5.78 Å². The molecule has 1 N–H and O–H groups in total. The van der Waals surface area contributed by atoms with Crippen LogP contribution in [0.15, 0.2) is 54.6 Å². The number of nitrogens with one attached hydrogen (secondary N) is 1. The molecular formula is C25H28N2O7. The zero-order valence-corrected chi connectivity index (χ0v) is 20.1. The molecule has 9 nitrogen and oxygen atoms in total. The Morgan fingerprint density at radius 3 is 2.06 bits per heavy atom. The summed E-state index contributed by atoms with van der Waals surface area (Å²) >= 11 is 0. The van der Waals surface area contributed by atoms with Crippen molar-refractivity contribution in [1.29, 1.82) is 0 Å². The zero-order valence-electron chi connectivity index (χ0n) is 20.1. The van der Waals surface area contributed by atoms with E-state index in [4.69, 9.17) is 9.47 Å². The maximum absolute atomic E-state index is 12.8. The molecule has 1 amide bonds. The van der Waals surface area contributed by atoms with E-state index in [1.807, 2.05) is 0 Å². The van der Waals surface area contributed by atoms with Crippen LogP contribution in [0.5, 0.6) is 0 Å². The lowest BCUT2D eigenvalue weighted by Crippen LogP contribution is -2.27. The molecule has 0 atom stereocenters. The average molecular weight is 469 g/mol. The molecule has 180 valence electrons. The molecule has 34 heavy (non-hydrogen) atoms.